The quantitative estimate of drug-likeness (QED) is 0.362. The van der Waals surface area contributed by atoms with Crippen LogP contribution in [0.15, 0.2) is 58.0 Å². The molecule has 0 aromatic heterocycles. The molecule has 0 radical (unpaired) electrons. The van der Waals surface area contributed by atoms with Gasteiger partial charge < -0.3 is 0 Å². The topological polar surface area (TPSA) is 12.4 Å². The fourth-order valence-electron chi connectivity index (χ4n) is 1.80. The zero-order valence-corrected chi connectivity index (χ0v) is 16.0. The molecule has 0 aliphatic heterocycles. The average molecular weight is 370 g/mol. The van der Waals surface area contributed by atoms with Gasteiger partial charge in [-0.15, -0.1) is 5.54 Å². The zero-order chi connectivity index (χ0) is 16.2. The summed E-state index contributed by atoms with van der Waals surface area (Å²) in [4.78, 5) is 4.77. The lowest BCUT2D eigenvalue weighted by Crippen LogP contribution is -2.17. The van der Waals surface area contributed by atoms with Crippen molar-refractivity contribution < 1.29 is 0 Å². The van der Waals surface area contributed by atoms with Crippen LogP contribution in [0.2, 0.25) is 19.6 Å². The number of halogens is 1. The lowest BCUT2D eigenvalue weighted by Gasteiger charge is -2.06. The van der Waals surface area contributed by atoms with Crippen LogP contribution >= 0.6 is 15.9 Å². The van der Waals surface area contributed by atoms with E-state index < -0.39 is 8.07 Å². The first-order valence-electron chi connectivity index (χ1n) is 7.28. The molecule has 0 atom stereocenters. The molecule has 0 saturated carbocycles. The maximum Gasteiger partial charge on any atom is 0.129 e. The Morgan fingerprint density at radius 1 is 1.00 bits per heavy atom. The van der Waals surface area contributed by atoms with Crippen LogP contribution in [-0.4, -0.2) is 13.8 Å². The summed E-state index contributed by atoms with van der Waals surface area (Å²) >= 11 is 3.61. The number of aryl methyl sites for hydroxylation is 1. The minimum absolute atomic E-state index is 0.818. The van der Waals surface area contributed by atoms with Crippen molar-refractivity contribution in [2.24, 2.45) is 4.99 Å². The summed E-state index contributed by atoms with van der Waals surface area (Å²) in [6.45, 7) is 8.80. The summed E-state index contributed by atoms with van der Waals surface area (Å²) in [6, 6.07) is 16.3. The van der Waals surface area contributed by atoms with Crippen LogP contribution in [0.1, 0.15) is 11.1 Å². The molecule has 22 heavy (non-hydrogen) atoms. The largest absolute Gasteiger partial charge is 0.239 e. The Kier molecular flexibility index (Phi) is 5.39. The van der Waals surface area contributed by atoms with E-state index in [9.17, 15) is 0 Å². The fraction of sp³-hybridized carbons (Fsp3) is 0.211. The van der Waals surface area contributed by atoms with Crippen molar-refractivity contribution in [2.45, 2.75) is 26.6 Å². The van der Waals surface area contributed by atoms with Crippen molar-refractivity contribution in [1.82, 2.24) is 0 Å². The maximum atomic E-state index is 4.77. The predicted molar refractivity (Wildman–Crippen MR) is 103 cm³/mol. The summed E-state index contributed by atoms with van der Waals surface area (Å²) in [5, 5.41) is 0. The van der Waals surface area contributed by atoms with Crippen molar-refractivity contribution in [3.63, 3.8) is 0 Å². The van der Waals surface area contributed by atoms with Crippen LogP contribution in [0.3, 0.4) is 0 Å². The Balaban J connectivity index is 2.52. The Hall–Kier alpha value is -1.63. The summed E-state index contributed by atoms with van der Waals surface area (Å²) in [6.07, 6.45) is 0. The Morgan fingerprint density at radius 3 is 2.23 bits per heavy atom. The maximum absolute atomic E-state index is 4.77. The van der Waals surface area contributed by atoms with Gasteiger partial charge in [0.1, 0.15) is 13.8 Å². The molecule has 0 amide bonds. The molecule has 2 rings (SSSR count). The monoisotopic (exact) mass is 369 g/mol. The van der Waals surface area contributed by atoms with Gasteiger partial charge in [-0.05, 0) is 25.1 Å². The van der Waals surface area contributed by atoms with Gasteiger partial charge in [-0.25, -0.2) is 4.99 Å². The highest BCUT2D eigenvalue weighted by Crippen LogP contribution is 2.20. The highest BCUT2D eigenvalue weighted by atomic mass is 79.9. The van der Waals surface area contributed by atoms with Crippen molar-refractivity contribution in [1.29, 1.82) is 0 Å². The molecule has 0 aliphatic carbocycles. The molecule has 0 aliphatic rings. The molecule has 2 aromatic carbocycles. The standard InChI is InChI=1S/C19H20BrNSi/c1-15-9-11-16(12-10-15)21-19(13-14-22(2,3)4)17-7-5-6-8-18(17)20/h5-12H,1-4H3. The third-order valence-corrected chi connectivity index (χ3v) is 4.53. The van der Waals surface area contributed by atoms with Crippen LogP contribution < -0.4 is 0 Å². The molecule has 0 heterocycles. The average Bonchev–Trinajstić information content (AvgIpc) is 2.45. The summed E-state index contributed by atoms with van der Waals surface area (Å²) < 4.78 is 1.02. The van der Waals surface area contributed by atoms with Crippen LogP contribution in [-0.2, 0) is 0 Å². The number of rotatable bonds is 2. The molecule has 0 fully saturated rings. The Bertz CT molecular complexity index is 743. The fourth-order valence-corrected chi connectivity index (χ4v) is 2.77. The molecule has 0 bridgehead atoms. The molecule has 112 valence electrons. The first-order valence-corrected chi connectivity index (χ1v) is 11.6. The molecular weight excluding hydrogens is 350 g/mol. The molecule has 1 nitrogen and oxygen atoms in total. The lowest BCUT2D eigenvalue weighted by molar-refractivity contribution is 1.43. The van der Waals surface area contributed by atoms with E-state index in [2.05, 4.69) is 72.2 Å². The third-order valence-electron chi connectivity index (χ3n) is 2.96. The summed E-state index contributed by atoms with van der Waals surface area (Å²) in [5.74, 6) is 3.31. The van der Waals surface area contributed by atoms with Gasteiger partial charge in [0.05, 0.1) is 5.69 Å². The van der Waals surface area contributed by atoms with Crippen LogP contribution in [0.5, 0.6) is 0 Å². The molecule has 3 heteroatoms. The van der Waals surface area contributed by atoms with E-state index in [1.165, 1.54) is 5.56 Å². The summed E-state index contributed by atoms with van der Waals surface area (Å²) in [7, 11) is -1.45. The minimum Gasteiger partial charge on any atom is -0.239 e. The SMILES string of the molecule is Cc1ccc(N=C(C#C[Si](C)(C)C)c2ccccc2Br)cc1. The number of hydrogen-bond donors (Lipinski definition) is 0. The molecule has 0 N–H and O–H groups in total. The van der Waals surface area contributed by atoms with Crippen LogP contribution in [0.25, 0.3) is 0 Å². The van der Waals surface area contributed by atoms with E-state index >= 15 is 0 Å². The first kappa shape index (κ1) is 16.7. The minimum atomic E-state index is -1.45. The van der Waals surface area contributed by atoms with Gasteiger partial charge in [-0.3, -0.25) is 0 Å². The highest BCUT2D eigenvalue weighted by molar-refractivity contribution is 9.10. The molecule has 0 spiro atoms. The van der Waals surface area contributed by atoms with Crippen molar-refractivity contribution >= 4 is 35.4 Å². The Morgan fingerprint density at radius 2 is 1.64 bits per heavy atom. The second kappa shape index (κ2) is 7.08. The lowest BCUT2D eigenvalue weighted by atomic mass is 10.1. The third kappa shape index (κ3) is 4.98. The normalized spacial score (nSPS) is 11.8. The molecule has 0 unspecified atom stereocenters. The predicted octanol–water partition coefficient (Wildman–Crippen LogP) is 5.76. The van der Waals surface area contributed by atoms with E-state index in [0.29, 0.717) is 0 Å². The van der Waals surface area contributed by atoms with E-state index in [1.54, 1.807) is 0 Å². The van der Waals surface area contributed by atoms with Gasteiger partial charge in [0.25, 0.3) is 0 Å². The van der Waals surface area contributed by atoms with E-state index in [4.69, 9.17) is 4.99 Å². The van der Waals surface area contributed by atoms with Gasteiger partial charge in [-0.1, -0.05) is 77.4 Å². The second-order valence-electron chi connectivity index (χ2n) is 6.28. The highest BCUT2D eigenvalue weighted by Gasteiger charge is 2.10. The Labute approximate surface area is 142 Å². The van der Waals surface area contributed by atoms with Gasteiger partial charge in [0.2, 0.25) is 0 Å². The van der Waals surface area contributed by atoms with E-state index in [-0.39, 0.29) is 0 Å². The van der Waals surface area contributed by atoms with Gasteiger partial charge >= 0.3 is 0 Å². The van der Waals surface area contributed by atoms with E-state index in [1.807, 2.05) is 30.3 Å². The van der Waals surface area contributed by atoms with Crippen LogP contribution in [0.4, 0.5) is 5.69 Å². The van der Waals surface area contributed by atoms with Crippen molar-refractivity contribution in [3.05, 3.63) is 64.1 Å². The van der Waals surface area contributed by atoms with Gasteiger partial charge in [-0.2, -0.15) is 0 Å². The number of aliphatic imine (C=N–C) groups is 1. The van der Waals surface area contributed by atoms with Gasteiger partial charge in [0, 0.05) is 10.0 Å². The first-order chi connectivity index (χ1) is 10.3. The number of hydrogen-bond acceptors (Lipinski definition) is 1. The second-order valence-corrected chi connectivity index (χ2v) is 11.9. The van der Waals surface area contributed by atoms with E-state index in [0.717, 1.165) is 21.4 Å². The molecule has 0 saturated heterocycles. The van der Waals surface area contributed by atoms with Crippen LogP contribution in [0, 0.1) is 18.4 Å². The smallest absolute Gasteiger partial charge is 0.129 e. The van der Waals surface area contributed by atoms with Crippen molar-refractivity contribution in [2.75, 3.05) is 0 Å². The zero-order valence-electron chi connectivity index (χ0n) is 13.4. The molecule has 2 aromatic rings. The molecular formula is C19H20BrNSi. The summed E-state index contributed by atoms with van der Waals surface area (Å²) in [5.41, 5.74) is 7.43. The van der Waals surface area contributed by atoms with Crippen molar-refractivity contribution in [3.8, 4) is 11.5 Å². The van der Waals surface area contributed by atoms with Gasteiger partial charge in [0.15, 0.2) is 0 Å². The number of nitrogens with zero attached hydrogens (tertiary/aromatic N) is 1. The number of benzene rings is 2.